The largest absolute Gasteiger partial charge is 0.267 e. The standard InChI is InChI=1S/C8H12ClIN2/c1-3-6(4-2)12-5-7(9)8(10)11-12/h5-6H,3-4H2,1-2H3. The van der Waals surface area contributed by atoms with E-state index in [-0.39, 0.29) is 0 Å². The van der Waals surface area contributed by atoms with Crippen LogP contribution in [-0.4, -0.2) is 9.78 Å². The number of rotatable bonds is 3. The van der Waals surface area contributed by atoms with E-state index >= 15 is 0 Å². The van der Waals surface area contributed by atoms with Crippen molar-refractivity contribution in [2.75, 3.05) is 0 Å². The van der Waals surface area contributed by atoms with Crippen molar-refractivity contribution in [1.82, 2.24) is 9.78 Å². The average molecular weight is 299 g/mol. The zero-order chi connectivity index (χ0) is 9.14. The highest BCUT2D eigenvalue weighted by Crippen LogP contribution is 2.21. The number of halogens is 2. The predicted molar refractivity (Wildman–Crippen MR) is 59.6 cm³/mol. The van der Waals surface area contributed by atoms with Crippen LogP contribution in [0.15, 0.2) is 6.20 Å². The van der Waals surface area contributed by atoms with E-state index in [4.69, 9.17) is 11.6 Å². The Bertz CT molecular complexity index is 236. The summed E-state index contributed by atoms with van der Waals surface area (Å²) < 4.78 is 2.85. The molecule has 2 nitrogen and oxygen atoms in total. The van der Waals surface area contributed by atoms with Gasteiger partial charge in [-0.15, -0.1) is 0 Å². The van der Waals surface area contributed by atoms with Crippen molar-refractivity contribution in [3.05, 3.63) is 14.9 Å². The molecule has 0 aliphatic carbocycles. The third kappa shape index (κ3) is 2.13. The predicted octanol–water partition coefficient (Wildman–Crippen LogP) is 3.50. The summed E-state index contributed by atoms with van der Waals surface area (Å²) in [4.78, 5) is 0. The lowest BCUT2D eigenvalue weighted by atomic mass is 10.2. The molecule has 0 amide bonds. The van der Waals surface area contributed by atoms with Gasteiger partial charge in [0.15, 0.2) is 0 Å². The quantitative estimate of drug-likeness (QED) is 0.781. The topological polar surface area (TPSA) is 17.8 Å². The fourth-order valence-electron chi connectivity index (χ4n) is 1.20. The average Bonchev–Trinajstić information content (AvgIpc) is 2.35. The Labute approximate surface area is 91.4 Å². The van der Waals surface area contributed by atoms with Crippen LogP contribution in [-0.2, 0) is 0 Å². The molecule has 12 heavy (non-hydrogen) atoms. The molecule has 0 saturated heterocycles. The summed E-state index contributed by atoms with van der Waals surface area (Å²) in [5, 5.41) is 5.08. The fraction of sp³-hybridized carbons (Fsp3) is 0.625. The van der Waals surface area contributed by atoms with Gasteiger partial charge in [-0.2, -0.15) is 5.10 Å². The van der Waals surface area contributed by atoms with E-state index in [0.717, 1.165) is 21.6 Å². The summed E-state index contributed by atoms with van der Waals surface area (Å²) in [6, 6.07) is 0.492. The fourth-order valence-corrected chi connectivity index (χ4v) is 1.72. The maximum Gasteiger partial charge on any atom is 0.141 e. The van der Waals surface area contributed by atoms with Gasteiger partial charge in [-0.3, -0.25) is 4.68 Å². The Balaban J connectivity index is 2.86. The van der Waals surface area contributed by atoms with Crippen molar-refractivity contribution in [3.8, 4) is 0 Å². The molecule has 0 aromatic carbocycles. The van der Waals surface area contributed by atoms with Crippen molar-refractivity contribution in [2.24, 2.45) is 0 Å². The van der Waals surface area contributed by atoms with Crippen LogP contribution in [0.2, 0.25) is 5.02 Å². The van der Waals surface area contributed by atoms with Gasteiger partial charge in [-0.1, -0.05) is 25.4 Å². The summed E-state index contributed by atoms with van der Waals surface area (Å²) in [5.41, 5.74) is 0. The third-order valence-corrected chi connectivity index (χ3v) is 3.35. The molecule has 0 N–H and O–H groups in total. The Morgan fingerprint density at radius 1 is 1.58 bits per heavy atom. The maximum atomic E-state index is 5.90. The van der Waals surface area contributed by atoms with Crippen LogP contribution in [0.5, 0.6) is 0 Å². The lowest BCUT2D eigenvalue weighted by molar-refractivity contribution is 0.427. The van der Waals surface area contributed by atoms with Gasteiger partial charge in [0, 0.05) is 6.20 Å². The van der Waals surface area contributed by atoms with E-state index < -0.39 is 0 Å². The van der Waals surface area contributed by atoms with Crippen LogP contribution in [0.1, 0.15) is 32.7 Å². The Kier molecular flexibility index (Phi) is 3.83. The van der Waals surface area contributed by atoms with Gasteiger partial charge in [-0.05, 0) is 35.4 Å². The molecule has 1 rings (SSSR count). The molecule has 0 unspecified atom stereocenters. The zero-order valence-corrected chi connectivity index (χ0v) is 10.1. The second-order valence-electron chi connectivity index (χ2n) is 2.72. The molecule has 1 heterocycles. The summed E-state index contributed by atoms with van der Waals surface area (Å²) in [5.74, 6) is 0. The first-order valence-corrected chi connectivity index (χ1v) is 5.54. The molecule has 0 fully saturated rings. The Morgan fingerprint density at radius 2 is 2.17 bits per heavy atom. The summed E-state index contributed by atoms with van der Waals surface area (Å²) >= 11 is 8.04. The first kappa shape index (κ1) is 10.3. The van der Waals surface area contributed by atoms with Crippen molar-refractivity contribution < 1.29 is 0 Å². The van der Waals surface area contributed by atoms with Crippen molar-refractivity contribution in [2.45, 2.75) is 32.7 Å². The number of hydrogen-bond donors (Lipinski definition) is 0. The van der Waals surface area contributed by atoms with Crippen LogP contribution >= 0.6 is 34.2 Å². The van der Waals surface area contributed by atoms with Crippen LogP contribution in [0, 0.1) is 3.70 Å². The van der Waals surface area contributed by atoms with Crippen molar-refractivity contribution >= 4 is 34.2 Å². The molecule has 0 radical (unpaired) electrons. The van der Waals surface area contributed by atoms with Gasteiger partial charge in [0.1, 0.15) is 3.70 Å². The first-order chi connectivity index (χ1) is 5.69. The molecule has 1 aromatic heterocycles. The molecule has 4 heteroatoms. The SMILES string of the molecule is CCC(CC)n1cc(Cl)c(I)n1. The van der Waals surface area contributed by atoms with E-state index in [0.29, 0.717) is 6.04 Å². The Morgan fingerprint density at radius 3 is 2.50 bits per heavy atom. The van der Waals surface area contributed by atoms with Crippen molar-refractivity contribution in [1.29, 1.82) is 0 Å². The van der Waals surface area contributed by atoms with Gasteiger partial charge >= 0.3 is 0 Å². The van der Waals surface area contributed by atoms with Crippen LogP contribution in [0.25, 0.3) is 0 Å². The molecule has 68 valence electrons. The van der Waals surface area contributed by atoms with E-state index in [1.807, 2.05) is 10.9 Å². The summed E-state index contributed by atoms with van der Waals surface area (Å²) in [6.45, 7) is 4.33. The molecule has 0 aliphatic rings. The lowest BCUT2D eigenvalue weighted by Crippen LogP contribution is -2.07. The van der Waals surface area contributed by atoms with Crippen molar-refractivity contribution in [3.63, 3.8) is 0 Å². The highest BCUT2D eigenvalue weighted by molar-refractivity contribution is 14.1. The normalized spacial score (nSPS) is 11.1. The molecule has 0 aliphatic heterocycles. The molecule has 0 atom stereocenters. The van der Waals surface area contributed by atoms with E-state index in [1.165, 1.54) is 0 Å². The molecule has 1 aromatic rings. The number of hydrogen-bond acceptors (Lipinski definition) is 1. The lowest BCUT2D eigenvalue weighted by Gasteiger charge is -2.11. The highest BCUT2D eigenvalue weighted by atomic mass is 127. The highest BCUT2D eigenvalue weighted by Gasteiger charge is 2.09. The second kappa shape index (κ2) is 4.46. The minimum Gasteiger partial charge on any atom is -0.267 e. The van der Waals surface area contributed by atoms with Gasteiger partial charge in [0.05, 0.1) is 11.1 Å². The van der Waals surface area contributed by atoms with E-state index in [2.05, 4.69) is 41.5 Å². The first-order valence-electron chi connectivity index (χ1n) is 4.09. The minimum atomic E-state index is 0.492. The minimum absolute atomic E-state index is 0.492. The molecular formula is C8H12ClIN2. The number of aromatic nitrogens is 2. The number of nitrogens with zero attached hydrogens (tertiary/aromatic N) is 2. The molecule has 0 saturated carbocycles. The van der Waals surface area contributed by atoms with Gasteiger partial charge < -0.3 is 0 Å². The molecule has 0 spiro atoms. The van der Waals surface area contributed by atoms with Crippen LogP contribution in [0.3, 0.4) is 0 Å². The monoisotopic (exact) mass is 298 g/mol. The molecule has 0 bridgehead atoms. The molecular weight excluding hydrogens is 286 g/mol. The summed E-state index contributed by atoms with van der Waals surface area (Å²) in [7, 11) is 0. The van der Waals surface area contributed by atoms with Gasteiger partial charge in [-0.25, -0.2) is 0 Å². The van der Waals surface area contributed by atoms with Gasteiger partial charge in [0.2, 0.25) is 0 Å². The third-order valence-electron chi connectivity index (χ3n) is 1.96. The van der Waals surface area contributed by atoms with Crippen LogP contribution in [0.4, 0.5) is 0 Å². The van der Waals surface area contributed by atoms with Gasteiger partial charge in [0.25, 0.3) is 0 Å². The van der Waals surface area contributed by atoms with E-state index in [9.17, 15) is 0 Å². The zero-order valence-electron chi connectivity index (χ0n) is 7.22. The van der Waals surface area contributed by atoms with Crippen LogP contribution < -0.4 is 0 Å². The maximum absolute atomic E-state index is 5.90. The van der Waals surface area contributed by atoms with E-state index in [1.54, 1.807) is 0 Å². The smallest absolute Gasteiger partial charge is 0.141 e. The Hall–Kier alpha value is 0.230. The second-order valence-corrected chi connectivity index (χ2v) is 4.15. The summed E-state index contributed by atoms with van der Waals surface area (Å²) in [6.07, 6.45) is 4.11.